The van der Waals surface area contributed by atoms with Gasteiger partial charge in [0.05, 0.1) is 12.6 Å². The number of carbonyl (C=O) groups excluding carboxylic acids is 2. The molecular formula is C30H34N8O2. The second-order valence-electron chi connectivity index (χ2n) is 10.5. The van der Waals surface area contributed by atoms with E-state index in [9.17, 15) is 9.59 Å². The fraction of sp³-hybridized carbons (Fsp3) is 0.333. The van der Waals surface area contributed by atoms with Crippen molar-refractivity contribution in [2.75, 3.05) is 66.3 Å². The van der Waals surface area contributed by atoms with Gasteiger partial charge in [-0.05, 0) is 49.9 Å². The van der Waals surface area contributed by atoms with Gasteiger partial charge >= 0.3 is 6.03 Å². The lowest BCUT2D eigenvalue weighted by molar-refractivity contribution is -0.125. The lowest BCUT2D eigenvalue weighted by atomic mass is 10.1. The largest absolute Gasteiger partial charge is 0.369 e. The highest BCUT2D eigenvalue weighted by molar-refractivity contribution is 6.06. The summed E-state index contributed by atoms with van der Waals surface area (Å²) in [7, 11) is 2.15. The fourth-order valence-electron chi connectivity index (χ4n) is 5.63. The minimum absolute atomic E-state index is 0.127. The summed E-state index contributed by atoms with van der Waals surface area (Å²) >= 11 is 0. The highest BCUT2D eigenvalue weighted by atomic mass is 16.2. The zero-order chi connectivity index (χ0) is 27.6. The Morgan fingerprint density at radius 3 is 2.58 bits per heavy atom. The van der Waals surface area contributed by atoms with E-state index in [4.69, 9.17) is 4.98 Å². The zero-order valence-corrected chi connectivity index (χ0v) is 22.7. The minimum Gasteiger partial charge on any atom is -0.369 e. The van der Waals surface area contributed by atoms with Crippen LogP contribution in [0.5, 0.6) is 0 Å². The van der Waals surface area contributed by atoms with E-state index in [1.54, 1.807) is 20.9 Å². The van der Waals surface area contributed by atoms with E-state index >= 15 is 0 Å². The first kappa shape index (κ1) is 25.8. The molecule has 6 rings (SSSR count). The van der Waals surface area contributed by atoms with E-state index in [1.807, 2.05) is 42.5 Å². The molecular weight excluding hydrogens is 504 g/mol. The topological polar surface area (TPSA) is 88.1 Å². The number of para-hydroxylation sites is 1. The number of hydrogen-bond acceptors (Lipinski definition) is 7. The second kappa shape index (κ2) is 11.0. The van der Waals surface area contributed by atoms with Gasteiger partial charge in [0.25, 0.3) is 0 Å². The van der Waals surface area contributed by atoms with Gasteiger partial charge in [0.1, 0.15) is 5.82 Å². The molecule has 206 valence electrons. The van der Waals surface area contributed by atoms with E-state index in [2.05, 4.69) is 45.9 Å². The maximum atomic E-state index is 14.0. The van der Waals surface area contributed by atoms with Crippen molar-refractivity contribution in [3.05, 3.63) is 79.0 Å². The third-order valence-electron chi connectivity index (χ3n) is 7.89. The van der Waals surface area contributed by atoms with Gasteiger partial charge in [-0.25, -0.2) is 9.78 Å². The smallest absolute Gasteiger partial charge is 0.330 e. The van der Waals surface area contributed by atoms with Crippen LogP contribution in [0.25, 0.3) is 0 Å². The number of piperazine rings is 1. The molecule has 3 aliphatic rings. The number of likely N-dealkylation sites (tertiary alicyclic amines) is 1. The molecule has 2 fully saturated rings. The van der Waals surface area contributed by atoms with E-state index in [0.717, 1.165) is 48.8 Å². The molecule has 0 unspecified atom stereocenters. The summed E-state index contributed by atoms with van der Waals surface area (Å²) in [5, 5.41) is 3.36. The first-order valence-corrected chi connectivity index (χ1v) is 13.7. The average Bonchev–Trinajstić information content (AvgIpc) is 3.47. The van der Waals surface area contributed by atoms with E-state index in [0.29, 0.717) is 37.8 Å². The summed E-state index contributed by atoms with van der Waals surface area (Å²) in [6.45, 7) is 9.02. The first-order chi connectivity index (χ1) is 19.5. The predicted octanol–water partition coefficient (Wildman–Crippen LogP) is 3.71. The van der Waals surface area contributed by atoms with Crippen molar-refractivity contribution in [2.24, 2.45) is 0 Å². The Morgan fingerprint density at radius 1 is 1.02 bits per heavy atom. The lowest BCUT2D eigenvalue weighted by Crippen LogP contribution is -2.53. The maximum absolute atomic E-state index is 14.0. The molecule has 0 spiro atoms. The van der Waals surface area contributed by atoms with Crippen LogP contribution in [0, 0.1) is 0 Å². The van der Waals surface area contributed by atoms with Crippen LogP contribution in [0.15, 0.2) is 73.4 Å². The van der Waals surface area contributed by atoms with Gasteiger partial charge < -0.3 is 20.0 Å². The van der Waals surface area contributed by atoms with Crippen LogP contribution in [-0.2, 0) is 11.3 Å². The number of rotatable bonds is 6. The lowest BCUT2D eigenvalue weighted by Gasteiger charge is -2.39. The number of amides is 3. The van der Waals surface area contributed by atoms with Crippen LogP contribution in [0.1, 0.15) is 12.0 Å². The van der Waals surface area contributed by atoms with Gasteiger partial charge in [-0.15, -0.1) is 0 Å². The van der Waals surface area contributed by atoms with Crippen molar-refractivity contribution in [1.29, 1.82) is 0 Å². The Hall–Kier alpha value is -4.44. The van der Waals surface area contributed by atoms with Gasteiger partial charge in [0.15, 0.2) is 0 Å². The number of carbonyl (C=O) groups is 2. The van der Waals surface area contributed by atoms with Gasteiger partial charge in [0, 0.05) is 68.1 Å². The van der Waals surface area contributed by atoms with Gasteiger partial charge in [-0.3, -0.25) is 14.6 Å². The van der Waals surface area contributed by atoms with Crippen LogP contribution >= 0.6 is 0 Å². The zero-order valence-electron chi connectivity index (χ0n) is 22.7. The van der Waals surface area contributed by atoms with Crippen LogP contribution in [0.3, 0.4) is 0 Å². The van der Waals surface area contributed by atoms with Gasteiger partial charge in [-0.1, -0.05) is 30.8 Å². The molecule has 2 aromatic carbocycles. The quantitative estimate of drug-likeness (QED) is 0.479. The van der Waals surface area contributed by atoms with E-state index in [1.165, 1.54) is 6.08 Å². The van der Waals surface area contributed by atoms with Crippen molar-refractivity contribution in [1.82, 2.24) is 19.8 Å². The third-order valence-corrected chi connectivity index (χ3v) is 7.89. The van der Waals surface area contributed by atoms with Crippen molar-refractivity contribution in [2.45, 2.75) is 19.0 Å². The second-order valence-corrected chi connectivity index (χ2v) is 10.5. The van der Waals surface area contributed by atoms with Crippen LogP contribution < -0.4 is 20.0 Å². The minimum atomic E-state index is -0.204. The fourth-order valence-corrected chi connectivity index (χ4v) is 5.63. The number of anilines is 5. The van der Waals surface area contributed by atoms with Crippen molar-refractivity contribution in [3.8, 4) is 0 Å². The average molecular weight is 539 g/mol. The molecule has 0 saturated carbocycles. The number of aromatic nitrogens is 2. The van der Waals surface area contributed by atoms with Gasteiger partial charge in [-0.2, -0.15) is 4.98 Å². The number of hydrogen-bond donors (Lipinski definition) is 1. The molecule has 3 aromatic rings. The van der Waals surface area contributed by atoms with E-state index in [-0.39, 0.29) is 18.0 Å². The molecule has 1 aromatic heterocycles. The molecule has 1 N–H and O–H groups in total. The molecule has 0 aliphatic carbocycles. The Bertz CT molecular complexity index is 1410. The van der Waals surface area contributed by atoms with Crippen molar-refractivity contribution >= 4 is 40.8 Å². The molecule has 3 amide bonds. The molecule has 4 heterocycles. The third kappa shape index (κ3) is 5.10. The highest BCUT2D eigenvalue weighted by Gasteiger charge is 2.40. The molecule has 0 radical (unpaired) electrons. The number of likely N-dealkylation sites (N-methyl/N-ethyl adjacent to an activating group) is 1. The molecule has 3 aliphatic heterocycles. The highest BCUT2D eigenvalue weighted by Crippen LogP contribution is 2.35. The first-order valence-electron chi connectivity index (χ1n) is 13.7. The summed E-state index contributed by atoms with van der Waals surface area (Å²) in [5.41, 5.74) is 3.71. The number of benzene rings is 2. The standard InChI is InChI=1S/C30H34N8O2/c1-3-27(39)36-13-12-26(21-36)38-28-22(20-37(30(38)40)24-9-5-4-6-10-24)19-31-29(33-28)32-23-8-7-11-25(18-23)35-16-14-34(2)15-17-35/h3-11,18-19,26H,1,12-17,20-21H2,2H3,(H,31,32,33)/t26-/m0/s1. The molecule has 10 nitrogen and oxygen atoms in total. The van der Waals surface area contributed by atoms with Crippen molar-refractivity contribution < 1.29 is 9.59 Å². The summed E-state index contributed by atoms with van der Waals surface area (Å²) in [6.07, 6.45) is 3.78. The van der Waals surface area contributed by atoms with Crippen LogP contribution in [-0.4, -0.2) is 84.1 Å². The summed E-state index contributed by atoms with van der Waals surface area (Å²) in [6, 6.07) is 17.5. The SMILES string of the molecule is C=CC(=O)N1CC[C@H](N2C(=O)N(c3ccccc3)Cc3cnc(Nc4cccc(N5CCN(C)CC5)c4)nc32)C1. The Labute approximate surface area is 234 Å². The van der Waals surface area contributed by atoms with Crippen molar-refractivity contribution in [3.63, 3.8) is 0 Å². The number of nitrogens with one attached hydrogen (secondary N) is 1. The molecule has 40 heavy (non-hydrogen) atoms. The monoisotopic (exact) mass is 538 g/mol. The summed E-state index contributed by atoms with van der Waals surface area (Å²) in [4.78, 5) is 45.7. The van der Waals surface area contributed by atoms with Gasteiger partial charge in [0.2, 0.25) is 11.9 Å². The Kier molecular flexibility index (Phi) is 7.08. The summed E-state index contributed by atoms with van der Waals surface area (Å²) in [5.74, 6) is 0.887. The number of urea groups is 1. The molecule has 1 atom stereocenters. The van der Waals surface area contributed by atoms with Crippen LogP contribution in [0.4, 0.5) is 33.6 Å². The maximum Gasteiger partial charge on any atom is 0.330 e. The normalized spacial score (nSPS) is 19.5. The molecule has 0 bridgehead atoms. The Morgan fingerprint density at radius 2 is 1.80 bits per heavy atom. The number of nitrogens with zero attached hydrogens (tertiary/aromatic N) is 7. The van der Waals surface area contributed by atoms with Crippen LogP contribution in [0.2, 0.25) is 0 Å². The number of fused-ring (bicyclic) bond motifs is 1. The molecule has 10 heteroatoms. The van der Waals surface area contributed by atoms with E-state index < -0.39 is 0 Å². The summed E-state index contributed by atoms with van der Waals surface area (Å²) < 4.78 is 0. The predicted molar refractivity (Wildman–Crippen MR) is 157 cm³/mol. The molecule has 2 saturated heterocycles. The Balaban J connectivity index is 1.29.